The van der Waals surface area contributed by atoms with Crippen LogP contribution in [-0.2, 0) is 0 Å². The quantitative estimate of drug-likeness (QED) is 0.737. The normalized spacial score (nSPS) is 10.7. The number of hydrogen-bond donors (Lipinski definition) is 0. The van der Waals surface area contributed by atoms with Crippen molar-refractivity contribution in [2.45, 2.75) is 13.8 Å². The van der Waals surface area contributed by atoms with E-state index in [1.165, 1.54) is 5.82 Å². The highest BCUT2D eigenvalue weighted by atomic mass is 15.2. The highest BCUT2D eigenvalue weighted by Crippen LogP contribution is 2.15. The van der Waals surface area contributed by atoms with Crippen molar-refractivity contribution in [3.05, 3.63) is 30.6 Å². The van der Waals surface area contributed by atoms with Gasteiger partial charge in [0.25, 0.3) is 0 Å². The maximum absolute atomic E-state index is 4.36. The first-order valence-corrected chi connectivity index (χ1v) is 5.03. The predicted octanol–water partition coefficient (Wildman–Crippen LogP) is 2.18. The highest BCUT2D eigenvalue weighted by molar-refractivity contribution is 5.51. The number of imidazole rings is 1. The van der Waals surface area contributed by atoms with Crippen molar-refractivity contribution in [2.24, 2.45) is 0 Å². The smallest absolute Gasteiger partial charge is 0.138 e. The number of aromatic nitrogens is 2. The molecule has 14 heavy (non-hydrogen) atoms. The van der Waals surface area contributed by atoms with E-state index >= 15 is 0 Å². The topological polar surface area (TPSA) is 20.5 Å². The summed E-state index contributed by atoms with van der Waals surface area (Å²) in [6.45, 7) is 6.34. The molecule has 2 aromatic heterocycles. The Kier molecular flexibility index (Phi) is 2.39. The van der Waals surface area contributed by atoms with Crippen LogP contribution in [0, 0.1) is 0 Å². The van der Waals surface area contributed by atoms with Crippen LogP contribution < -0.4 is 4.90 Å². The van der Waals surface area contributed by atoms with Gasteiger partial charge in [0.2, 0.25) is 0 Å². The summed E-state index contributed by atoms with van der Waals surface area (Å²) in [4.78, 5) is 6.65. The summed E-state index contributed by atoms with van der Waals surface area (Å²) in [6.07, 6.45) is 3.98. The lowest BCUT2D eigenvalue weighted by Crippen LogP contribution is -2.23. The third-order valence-corrected chi connectivity index (χ3v) is 2.48. The van der Waals surface area contributed by atoms with Gasteiger partial charge in [0.05, 0.1) is 6.20 Å². The Balaban J connectivity index is 2.51. The summed E-state index contributed by atoms with van der Waals surface area (Å²) < 4.78 is 2.12. The lowest BCUT2D eigenvalue weighted by Gasteiger charge is -2.19. The minimum Gasteiger partial charge on any atom is -0.357 e. The van der Waals surface area contributed by atoms with E-state index in [-0.39, 0.29) is 0 Å². The molecule has 2 heterocycles. The standard InChI is InChI=1S/C11H15N3/c1-3-13(4-2)11-9-12-10-7-5-6-8-14(10)11/h5-9H,3-4H2,1-2H3. The van der Waals surface area contributed by atoms with Crippen molar-refractivity contribution in [2.75, 3.05) is 18.0 Å². The van der Waals surface area contributed by atoms with E-state index in [9.17, 15) is 0 Å². The number of fused-ring (bicyclic) bond motifs is 1. The van der Waals surface area contributed by atoms with Crippen LogP contribution in [0.3, 0.4) is 0 Å². The van der Waals surface area contributed by atoms with Gasteiger partial charge < -0.3 is 4.90 Å². The van der Waals surface area contributed by atoms with Gasteiger partial charge in [0.1, 0.15) is 11.5 Å². The number of pyridine rings is 1. The van der Waals surface area contributed by atoms with Crippen LogP contribution in [0.15, 0.2) is 30.6 Å². The van der Waals surface area contributed by atoms with E-state index < -0.39 is 0 Å². The van der Waals surface area contributed by atoms with Crippen molar-refractivity contribution in [3.63, 3.8) is 0 Å². The second-order valence-corrected chi connectivity index (χ2v) is 3.22. The molecule has 0 saturated carbocycles. The zero-order valence-electron chi connectivity index (χ0n) is 8.64. The maximum Gasteiger partial charge on any atom is 0.138 e. The Morgan fingerprint density at radius 3 is 2.79 bits per heavy atom. The molecule has 0 N–H and O–H groups in total. The zero-order chi connectivity index (χ0) is 9.97. The molecule has 2 aromatic rings. The summed E-state index contributed by atoms with van der Waals surface area (Å²) in [5, 5.41) is 0. The molecule has 3 heteroatoms. The molecule has 0 aliphatic heterocycles. The minimum atomic E-state index is 1.01. The Morgan fingerprint density at radius 1 is 1.29 bits per heavy atom. The Morgan fingerprint density at radius 2 is 2.07 bits per heavy atom. The lowest BCUT2D eigenvalue weighted by atomic mass is 10.4. The van der Waals surface area contributed by atoms with Crippen LogP contribution in [0.4, 0.5) is 5.82 Å². The molecule has 0 fully saturated rings. The van der Waals surface area contributed by atoms with Gasteiger partial charge in [-0.05, 0) is 26.0 Å². The molecule has 0 radical (unpaired) electrons. The van der Waals surface area contributed by atoms with Gasteiger partial charge in [-0.15, -0.1) is 0 Å². The lowest BCUT2D eigenvalue weighted by molar-refractivity contribution is 0.839. The first-order valence-electron chi connectivity index (χ1n) is 5.03. The Bertz CT molecular complexity index is 415. The number of anilines is 1. The fourth-order valence-electron chi connectivity index (χ4n) is 1.70. The Hall–Kier alpha value is -1.51. The first kappa shape index (κ1) is 9.06. The van der Waals surface area contributed by atoms with E-state index in [0.29, 0.717) is 0 Å². The summed E-state index contributed by atoms with van der Waals surface area (Å²) in [7, 11) is 0. The monoisotopic (exact) mass is 189 g/mol. The van der Waals surface area contributed by atoms with Crippen LogP contribution in [0.25, 0.3) is 5.65 Å². The molecule has 0 aliphatic carbocycles. The predicted molar refractivity (Wildman–Crippen MR) is 58.8 cm³/mol. The van der Waals surface area contributed by atoms with Crippen molar-refractivity contribution in [1.82, 2.24) is 9.38 Å². The molecule has 0 aliphatic rings. The van der Waals surface area contributed by atoms with Gasteiger partial charge in [0.15, 0.2) is 0 Å². The average Bonchev–Trinajstić information content (AvgIpc) is 2.65. The second-order valence-electron chi connectivity index (χ2n) is 3.22. The van der Waals surface area contributed by atoms with E-state index in [2.05, 4.69) is 34.3 Å². The highest BCUT2D eigenvalue weighted by Gasteiger charge is 2.06. The number of hydrogen-bond acceptors (Lipinski definition) is 2. The van der Waals surface area contributed by atoms with Crippen LogP contribution in [0.5, 0.6) is 0 Å². The molecule has 0 aromatic carbocycles. The third kappa shape index (κ3) is 1.35. The summed E-state index contributed by atoms with van der Waals surface area (Å²) in [5.41, 5.74) is 1.01. The molecule has 0 bridgehead atoms. The van der Waals surface area contributed by atoms with Gasteiger partial charge >= 0.3 is 0 Å². The zero-order valence-corrected chi connectivity index (χ0v) is 8.64. The van der Waals surface area contributed by atoms with Gasteiger partial charge in [-0.2, -0.15) is 0 Å². The molecular weight excluding hydrogens is 174 g/mol. The van der Waals surface area contributed by atoms with Crippen LogP contribution in [0.2, 0.25) is 0 Å². The SMILES string of the molecule is CCN(CC)c1cnc2ccccn12. The second kappa shape index (κ2) is 3.70. The van der Waals surface area contributed by atoms with Gasteiger partial charge in [-0.1, -0.05) is 6.07 Å². The van der Waals surface area contributed by atoms with Crippen molar-refractivity contribution < 1.29 is 0 Å². The minimum absolute atomic E-state index is 1.01. The van der Waals surface area contributed by atoms with Crippen LogP contribution in [-0.4, -0.2) is 22.5 Å². The van der Waals surface area contributed by atoms with Crippen molar-refractivity contribution in [3.8, 4) is 0 Å². The maximum atomic E-state index is 4.36. The van der Waals surface area contributed by atoms with E-state index in [1.54, 1.807) is 0 Å². The van der Waals surface area contributed by atoms with E-state index in [4.69, 9.17) is 0 Å². The van der Waals surface area contributed by atoms with Crippen LogP contribution >= 0.6 is 0 Å². The Labute approximate surface area is 84.0 Å². The molecule has 0 atom stereocenters. The van der Waals surface area contributed by atoms with Gasteiger partial charge in [-0.3, -0.25) is 4.40 Å². The van der Waals surface area contributed by atoms with Crippen molar-refractivity contribution in [1.29, 1.82) is 0 Å². The molecule has 0 unspecified atom stereocenters. The summed E-state index contributed by atoms with van der Waals surface area (Å²) >= 11 is 0. The molecule has 0 amide bonds. The summed E-state index contributed by atoms with van der Waals surface area (Å²) in [5.74, 6) is 1.17. The van der Waals surface area contributed by atoms with Gasteiger partial charge in [0, 0.05) is 19.3 Å². The molecule has 3 nitrogen and oxygen atoms in total. The molecule has 0 saturated heterocycles. The first-order chi connectivity index (χ1) is 6.86. The molecule has 2 rings (SSSR count). The largest absolute Gasteiger partial charge is 0.357 e. The summed E-state index contributed by atoms with van der Waals surface area (Å²) in [6, 6.07) is 6.06. The third-order valence-electron chi connectivity index (χ3n) is 2.48. The fraction of sp³-hybridized carbons (Fsp3) is 0.364. The van der Waals surface area contributed by atoms with Gasteiger partial charge in [-0.25, -0.2) is 4.98 Å². The fourth-order valence-corrected chi connectivity index (χ4v) is 1.70. The molecule has 0 spiro atoms. The van der Waals surface area contributed by atoms with E-state index in [1.807, 2.05) is 24.4 Å². The molecule has 74 valence electrons. The average molecular weight is 189 g/mol. The molecular formula is C11H15N3. The van der Waals surface area contributed by atoms with Crippen molar-refractivity contribution >= 4 is 11.5 Å². The number of rotatable bonds is 3. The van der Waals surface area contributed by atoms with Crippen LogP contribution in [0.1, 0.15) is 13.8 Å². The van der Waals surface area contributed by atoms with E-state index in [0.717, 1.165) is 18.7 Å². The number of nitrogens with zero attached hydrogens (tertiary/aromatic N) is 3.